The van der Waals surface area contributed by atoms with E-state index in [1.54, 1.807) is 0 Å². The standard InChI is InChI=1S/C16H26N2O/c1-3-6-13-8-10-14(11-9-13)18-16-15(19-4-2)7-5-12-17-16/h5,7,12-14H,3-4,6,8-11H2,1-2H3,(H,17,18). The quantitative estimate of drug-likeness (QED) is 0.832. The van der Waals surface area contributed by atoms with Gasteiger partial charge in [-0.3, -0.25) is 0 Å². The Balaban J connectivity index is 1.88. The van der Waals surface area contributed by atoms with Crippen LogP contribution in [0.15, 0.2) is 18.3 Å². The number of aromatic nitrogens is 1. The molecular formula is C16H26N2O. The maximum absolute atomic E-state index is 5.61. The monoisotopic (exact) mass is 262 g/mol. The third-order valence-corrected chi connectivity index (χ3v) is 3.96. The number of ether oxygens (including phenoxy) is 1. The van der Waals surface area contributed by atoms with Crippen LogP contribution >= 0.6 is 0 Å². The third kappa shape index (κ3) is 4.12. The van der Waals surface area contributed by atoms with Crippen molar-refractivity contribution < 1.29 is 4.74 Å². The molecule has 0 atom stereocenters. The van der Waals surface area contributed by atoms with E-state index >= 15 is 0 Å². The molecule has 106 valence electrons. The SMILES string of the molecule is CCCC1CCC(Nc2ncccc2OCC)CC1. The molecule has 1 aromatic rings. The molecule has 0 aliphatic heterocycles. The zero-order valence-electron chi connectivity index (χ0n) is 12.2. The van der Waals surface area contributed by atoms with Gasteiger partial charge < -0.3 is 10.1 Å². The lowest BCUT2D eigenvalue weighted by molar-refractivity contribution is 0.315. The smallest absolute Gasteiger partial charge is 0.168 e. The molecule has 0 saturated heterocycles. The van der Waals surface area contributed by atoms with E-state index in [2.05, 4.69) is 17.2 Å². The Hall–Kier alpha value is -1.25. The van der Waals surface area contributed by atoms with Gasteiger partial charge in [0.25, 0.3) is 0 Å². The highest BCUT2D eigenvalue weighted by atomic mass is 16.5. The van der Waals surface area contributed by atoms with Crippen molar-refractivity contribution in [1.29, 1.82) is 0 Å². The van der Waals surface area contributed by atoms with Crippen molar-refractivity contribution in [2.75, 3.05) is 11.9 Å². The van der Waals surface area contributed by atoms with E-state index in [9.17, 15) is 0 Å². The zero-order chi connectivity index (χ0) is 13.5. The summed E-state index contributed by atoms with van der Waals surface area (Å²) in [5, 5.41) is 3.56. The minimum atomic E-state index is 0.558. The molecule has 1 aromatic heterocycles. The molecule has 3 nitrogen and oxygen atoms in total. The minimum absolute atomic E-state index is 0.558. The van der Waals surface area contributed by atoms with Crippen LogP contribution in [0.1, 0.15) is 52.4 Å². The molecular weight excluding hydrogens is 236 g/mol. The predicted molar refractivity (Wildman–Crippen MR) is 79.7 cm³/mol. The minimum Gasteiger partial charge on any atom is -0.490 e. The summed E-state index contributed by atoms with van der Waals surface area (Å²) in [5.41, 5.74) is 0. The van der Waals surface area contributed by atoms with Crippen LogP contribution in [0, 0.1) is 5.92 Å². The fraction of sp³-hybridized carbons (Fsp3) is 0.688. The van der Waals surface area contributed by atoms with Gasteiger partial charge in [0.05, 0.1) is 6.61 Å². The number of rotatable bonds is 6. The Kier molecular flexibility index (Phi) is 5.49. The van der Waals surface area contributed by atoms with E-state index in [4.69, 9.17) is 4.74 Å². The Morgan fingerprint density at radius 1 is 1.26 bits per heavy atom. The largest absolute Gasteiger partial charge is 0.490 e. The first kappa shape index (κ1) is 14.2. The van der Waals surface area contributed by atoms with Crippen molar-refractivity contribution in [2.45, 2.75) is 58.4 Å². The van der Waals surface area contributed by atoms with Gasteiger partial charge in [-0.1, -0.05) is 19.8 Å². The second-order valence-electron chi connectivity index (χ2n) is 5.43. The molecule has 1 aliphatic carbocycles. The molecule has 0 radical (unpaired) electrons. The van der Waals surface area contributed by atoms with Crippen molar-refractivity contribution in [3.05, 3.63) is 18.3 Å². The highest BCUT2D eigenvalue weighted by Crippen LogP contribution is 2.31. The van der Waals surface area contributed by atoms with Crippen molar-refractivity contribution in [2.24, 2.45) is 5.92 Å². The Morgan fingerprint density at radius 3 is 2.74 bits per heavy atom. The average Bonchev–Trinajstić information content (AvgIpc) is 2.44. The van der Waals surface area contributed by atoms with Gasteiger partial charge in [-0.15, -0.1) is 0 Å². The molecule has 2 rings (SSSR count). The maximum atomic E-state index is 5.61. The third-order valence-electron chi connectivity index (χ3n) is 3.96. The molecule has 3 heteroatoms. The number of nitrogens with one attached hydrogen (secondary N) is 1. The fourth-order valence-corrected chi connectivity index (χ4v) is 2.97. The Labute approximate surface area is 116 Å². The first-order chi connectivity index (χ1) is 9.33. The van der Waals surface area contributed by atoms with Crippen LogP contribution in [0.25, 0.3) is 0 Å². The van der Waals surface area contributed by atoms with Gasteiger partial charge >= 0.3 is 0 Å². The molecule has 1 heterocycles. The summed E-state index contributed by atoms with van der Waals surface area (Å²) in [7, 11) is 0. The summed E-state index contributed by atoms with van der Waals surface area (Å²) in [6, 6.07) is 4.47. The van der Waals surface area contributed by atoms with E-state index in [0.717, 1.165) is 17.5 Å². The summed E-state index contributed by atoms with van der Waals surface area (Å²) in [6.45, 7) is 4.98. The lowest BCUT2D eigenvalue weighted by atomic mass is 9.83. The summed E-state index contributed by atoms with van der Waals surface area (Å²) in [5.74, 6) is 2.72. The Bertz CT molecular complexity index is 373. The van der Waals surface area contributed by atoms with Gasteiger partial charge in [-0.2, -0.15) is 0 Å². The molecule has 0 spiro atoms. The fourth-order valence-electron chi connectivity index (χ4n) is 2.97. The van der Waals surface area contributed by atoms with Crippen molar-refractivity contribution in [1.82, 2.24) is 4.98 Å². The lowest BCUT2D eigenvalue weighted by Gasteiger charge is -2.29. The summed E-state index contributed by atoms with van der Waals surface area (Å²) in [4.78, 5) is 4.41. The summed E-state index contributed by atoms with van der Waals surface area (Å²) < 4.78 is 5.61. The Morgan fingerprint density at radius 2 is 2.05 bits per heavy atom. The van der Waals surface area contributed by atoms with Crippen LogP contribution in [-0.2, 0) is 0 Å². The van der Waals surface area contributed by atoms with Gasteiger partial charge in [0.1, 0.15) is 0 Å². The number of nitrogens with zero attached hydrogens (tertiary/aromatic N) is 1. The molecule has 0 aromatic carbocycles. The topological polar surface area (TPSA) is 34.2 Å². The lowest BCUT2D eigenvalue weighted by Crippen LogP contribution is -2.26. The number of anilines is 1. The molecule has 0 amide bonds. The van der Waals surface area contributed by atoms with Gasteiger partial charge in [-0.25, -0.2) is 4.98 Å². The zero-order valence-corrected chi connectivity index (χ0v) is 12.2. The number of pyridine rings is 1. The second kappa shape index (κ2) is 7.37. The maximum Gasteiger partial charge on any atom is 0.168 e. The first-order valence-electron chi connectivity index (χ1n) is 7.67. The van der Waals surface area contributed by atoms with E-state index in [1.807, 2.05) is 25.3 Å². The van der Waals surface area contributed by atoms with E-state index < -0.39 is 0 Å². The van der Waals surface area contributed by atoms with Gasteiger partial charge in [0, 0.05) is 12.2 Å². The molecule has 19 heavy (non-hydrogen) atoms. The summed E-state index contributed by atoms with van der Waals surface area (Å²) in [6.07, 6.45) is 9.75. The van der Waals surface area contributed by atoms with Crippen molar-refractivity contribution in [3.8, 4) is 5.75 Å². The highest BCUT2D eigenvalue weighted by molar-refractivity contribution is 5.50. The molecule has 0 unspecified atom stereocenters. The average molecular weight is 262 g/mol. The van der Waals surface area contributed by atoms with Crippen LogP contribution < -0.4 is 10.1 Å². The van der Waals surface area contributed by atoms with Crippen LogP contribution in [0.3, 0.4) is 0 Å². The molecule has 0 bridgehead atoms. The van der Waals surface area contributed by atoms with Gasteiger partial charge in [0.2, 0.25) is 0 Å². The van der Waals surface area contributed by atoms with E-state index in [1.165, 1.54) is 38.5 Å². The van der Waals surface area contributed by atoms with E-state index in [0.29, 0.717) is 12.6 Å². The van der Waals surface area contributed by atoms with Gasteiger partial charge in [0.15, 0.2) is 11.6 Å². The molecule has 1 N–H and O–H groups in total. The van der Waals surface area contributed by atoms with Crippen LogP contribution in [0.5, 0.6) is 5.75 Å². The van der Waals surface area contributed by atoms with Crippen LogP contribution in [0.2, 0.25) is 0 Å². The van der Waals surface area contributed by atoms with Crippen LogP contribution in [0.4, 0.5) is 5.82 Å². The molecule has 1 fully saturated rings. The van der Waals surface area contributed by atoms with Crippen LogP contribution in [-0.4, -0.2) is 17.6 Å². The first-order valence-corrected chi connectivity index (χ1v) is 7.67. The normalized spacial score (nSPS) is 23.1. The molecule has 1 aliphatic rings. The predicted octanol–water partition coefficient (Wildman–Crippen LogP) is 4.25. The number of hydrogen-bond acceptors (Lipinski definition) is 3. The highest BCUT2D eigenvalue weighted by Gasteiger charge is 2.21. The van der Waals surface area contributed by atoms with Gasteiger partial charge in [-0.05, 0) is 50.7 Å². The van der Waals surface area contributed by atoms with Crippen molar-refractivity contribution >= 4 is 5.82 Å². The van der Waals surface area contributed by atoms with Crippen molar-refractivity contribution in [3.63, 3.8) is 0 Å². The summed E-state index contributed by atoms with van der Waals surface area (Å²) >= 11 is 0. The second-order valence-corrected chi connectivity index (χ2v) is 5.43. The number of hydrogen-bond donors (Lipinski definition) is 1. The molecule has 1 saturated carbocycles. The van der Waals surface area contributed by atoms with E-state index in [-0.39, 0.29) is 0 Å².